The molecule has 0 radical (unpaired) electrons. The van der Waals surface area contributed by atoms with Gasteiger partial charge in [-0.25, -0.2) is 4.98 Å². The van der Waals surface area contributed by atoms with Gasteiger partial charge in [0.1, 0.15) is 5.82 Å². The van der Waals surface area contributed by atoms with E-state index in [0.29, 0.717) is 12.1 Å². The van der Waals surface area contributed by atoms with Crippen LogP contribution in [0.3, 0.4) is 0 Å². The summed E-state index contributed by atoms with van der Waals surface area (Å²) in [5, 5.41) is 9.35. The van der Waals surface area contributed by atoms with Crippen molar-refractivity contribution in [2.75, 3.05) is 18.0 Å². The third-order valence-electron chi connectivity index (χ3n) is 5.71. The number of aromatic nitrogens is 3. The number of hydrogen-bond donors (Lipinski definition) is 2. The van der Waals surface area contributed by atoms with Crippen molar-refractivity contribution in [2.24, 2.45) is 5.73 Å². The maximum absolute atomic E-state index is 9.35. The van der Waals surface area contributed by atoms with Gasteiger partial charge in [-0.05, 0) is 42.2 Å². The maximum atomic E-state index is 9.35. The van der Waals surface area contributed by atoms with Crippen LogP contribution >= 0.6 is 0 Å². The van der Waals surface area contributed by atoms with Crippen LogP contribution in [0.5, 0.6) is 0 Å². The molecule has 5 rings (SSSR count). The quantitative estimate of drug-likeness (QED) is 0.540. The van der Waals surface area contributed by atoms with Crippen molar-refractivity contribution in [3.8, 4) is 28.6 Å². The Morgan fingerprint density at radius 3 is 2.67 bits per heavy atom. The number of rotatable bonds is 4. The Kier molecular flexibility index (Phi) is 4.66. The molecule has 2 aromatic heterocycles. The molecule has 0 bridgehead atoms. The molecule has 1 aliphatic rings. The highest BCUT2D eigenvalue weighted by Gasteiger charge is 2.23. The Labute approximate surface area is 175 Å². The van der Waals surface area contributed by atoms with Crippen LogP contribution in [0.15, 0.2) is 54.9 Å². The zero-order valence-corrected chi connectivity index (χ0v) is 16.6. The summed E-state index contributed by atoms with van der Waals surface area (Å²) in [5.74, 6) is 0.790. The van der Waals surface area contributed by atoms with Gasteiger partial charge in [-0.15, -0.1) is 0 Å². The number of anilines is 1. The number of imidazole rings is 1. The lowest BCUT2D eigenvalue weighted by atomic mass is 10.00. The van der Waals surface area contributed by atoms with Crippen molar-refractivity contribution in [2.45, 2.75) is 19.4 Å². The molecule has 0 spiro atoms. The first-order valence-electron chi connectivity index (χ1n) is 10.2. The molecule has 0 aliphatic carbocycles. The Hall–Kier alpha value is -3.69. The van der Waals surface area contributed by atoms with Crippen molar-refractivity contribution in [1.29, 1.82) is 5.26 Å². The normalized spacial score (nSPS) is 13.7. The van der Waals surface area contributed by atoms with Crippen LogP contribution in [0.4, 0.5) is 5.69 Å². The van der Waals surface area contributed by atoms with E-state index in [-0.39, 0.29) is 0 Å². The number of fused-ring (bicyclic) bond motifs is 1. The Morgan fingerprint density at radius 2 is 1.87 bits per heavy atom. The van der Waals surface area contributed by atoms with Crippen LogP contribution in [0.2, 0.25) is 0 Å². The van der Waals surface area contributed by atoms with E-state index in [0.717, 1.165) is 70.7 Å². The van der Waals surface area contributed by atoms with Gasteiger partial charge in [0.25, 0.3) is 0 Å². The molecule has 6 heteroatoms. The molecule has 1 saturated heterocycles. The number of hydrogen-bond acceptors (Lipinski definition) is 5. The first-order valence-corrected chi connectivity index (χ1v) is 10.2. The molecule has 4 aromatic rings. The number of aromatic amines is 1. The average molecular weight is 394 g/mol. The van der Waals surface area contributed by atoms with Crippen molar-refractivity contribution in [3.63, 3.8) is 0 Å². The topological polar surface area (TPSA) is 94.6 Å². The standard InChI is InChI=1S/C24H22N6/c25-12-16-5-3-6-17(11-16)19-14-27-15-20(23(19)30-9-1-2-10-30)24-28-21-8-4-7-18(13-26)22(21)29-24/h3-8,11,14-15H,1-2,9-10,13,26H2,(H,28,29). The lowest BCUT2D eigenvalue weighted by molar-refractivity contribution is 0.949. The number of H-pyrrole nitrogens is 1. The van der Waals surface area contributed by atoms with Crippen LogP contribution < -0.4 is 10.6 Å². The minimum Gasteiger partial charge on any atom is -0.370 e. The van der Waals surface area contributed by atoms with E-state index in [1.807, 2.05) is 54.9 Å². The minimum absolute atomic E-state index is 0.444. The fourth-order valence-corrected chi connectivity index (χ4v) is 4.26. The third-order valence-corrected chi connectivity index (χ3v) is 5.71. The molecule has 0 unspecified atom stereocenters. The Morgan fingerprint density at radius 1 is 1.07 bits per heavy atom. The number of nitrogens with zero attached hydrogens (tertiary/aromatic N) is 4. The lowest BCUT2D eigenvalue weighted by Crippen LogP contribution is -2.20. The number of benzene rings is 2. The van der Waals surface area contributed by atoms with E-state index in [1.165, 1.54) is 0 Å². The Bertz CT molecular complexity index is 1260. The molecule has 1 aliphatic heterocycles. The predicted molar refractivity (Wildman–Crippen MR) is 119 cm³/mol. The number of pyridine rings is 1. The molecular weight excluding hydrogens is 372 g/mol. The molecule has 6 nitrogen and oxygen atoms in total. The van der Waals surface area contributed by atoms with E-state index in [1.54, 1.807) is 0 Å². The van der Waals surface area contributed by atoms with Gasteiger partial charge in [0.15, 0.2) is 0 Å². The third kappa shape index (κ3) is 3.10. The summed E-state index contributed by atoms with van der Waals surface area (Å²) in [5.41, 5.74) is 13.5. The summed E-state index contributed by atoms with van der Waals surface area (Å²) in [6, 6.07) is 16.0. The molecule has 2 aromatic carbocycles. The van der Waals surface area contributed by atoms with Crippen LogP contribution in [0.25, 0.3) is 33.5 Å². The van der Waals surface area contributed by atoms with E-state index >= 15 is 0 Å². The number of para-hydroxylation sites is 1. The maximum Gasteiger partial charge on any atom is 0.142 e. The summed E-state index contributed by atoms with van der Waals surface area (Å²) in [4.78, 5) is 15.3. The molecule has 0 amide bonds. The fourth-order valence-electron chi connectivity index (χ4n) is 4.26. The monoisotopic (exact) mass is 394 g/mol. The summed E-state index contributed by atoms with van der Waals surface area (Å²) < 4.78 is 0. The van der Waals surface area contributed by atoms with Crippen molar-refractivity contribution in [1.82, 2.24) is 15.0 Å². The van der Waals surface area contributed by atoms with Crippen molar-refractivity contribution in [3.05, 3.63) is 66.0 Å². The van der Waals surface area contributed by atoms with Gasteiger partial charge in [-0.3, -0.25) is 4.98 Å². The number of nitrogens with two attached hydrogens (primary N) is 1. The summed E-state index contributed by atoms with van der Waals surface area (Å²) in [7, 11) is 0. The molecule has 3 heterocycles. The zero-order valence-electron chi connectivity index (χ0n) is 16.6. The summed E-state index contributed by atoms with van der Waals surface area (Å²) >= 11 is 0. The number of nitrogens with one attached hydrogen (secondary N) is 1. The van der Waals surface area contributed by atoms with Gasteiger partial charge in [-0.2, -0.15) is 5.26 Å². The van der Waals surface area contributed by atoms with Gasteiger partial charge >= 0.3 is 0 Å². The highest BCUT2D eigenvalue weighted by Crippen LogP contribution is 2.40. The highest BCUT2D eigenvalue weighted by atomic mass is 15.2. The summed E-state index contributed by atoms with van der Waals surface area (Å²) in [6.07, 6.45) is 6.10. The Balaban J connectivity index is 1.74. The second-order valence-corrected chi connectivity index (χ2v) is 7.57. The van der Waals surface area contributed by atoms with Crippen LogP contribution in [0.1, 0.15) is 24.0 Å². The second-order valence-electron chi connectivity index (χ2n) is 7.57. The van der Waals surface area contributed by atoms with Crippen LogP contribution in [-0.4, -0.2) is 28.0 Å². The first kappa shape index (κ1) is 18.3. The van der Waals surface area contributed by atoms with Crippen molar-refractivity contribution >= 4 is 16.7 Å². The lowest BCUT2D eigenvalue weighted by Gasteiger charge is -2.24. The van der Waals surface area contributed by atoms with E-state index in [4.69, 9.17) is 10.7 Å². The SMILES string of the molecule is N#Cc1cccc(-c2cncc(-c3nc4c(CN)cccc4[nH]3)c2N2CCCC2)c1. The molecule has 30 heavy (non-hydrogen) atoms. The minimum atomic E-state index is 0.444. The number of nitriles is 1. The van der Waals surface area contributed by atoms with E-state index < -0.39 is 0 Å². The molecule has 0 saturated carbocycles. The fraction of sp³-hybridized carbons (Fsp3) is 0.208. The average Bonchev–Trinajstić information content (AvgIpc) is 3.48. The largest absolute Gasteiger partial charge is 0.370 e. The van der Waals surface area contributed by atoms with E-state index in [9.17, 15) is 5.26 Å². The van der Waals surface area contributed by atoms with Gasteiger partial charge in [0, 0.05) is 37.6 Å². The second kappa shape index (κ2) is 7.62. The van der Waals surface area contributed by atoms with Gasteiger partial charge < -0.3 is 15.6 Å². The molecular formula is C24H22N6. The van der Waals surface area contributed by atoms with Crippen LogP contribution in [-0.2, 0) is 6.54 Å². The zero-order chi connectivity index (χ0) is 20.5. The van der Waals surface area contributed by atoms with Gasteiger partial charge in [0.2, 0.25) is 0 Å². The predicted octanol–water partition coefficient (Wildman–Crippen LogP) is 4.22. The van der Waals surface area contributed by atoms with Gasteiger partial charge in [0.05, 0.1) is 33.9 Å². The molecule has 148 valence electrons. The smallest absolute Gasteiger partial charge is 0.142 e. The highest BCUT2D eigenvalue weighted by molar-refractivity contribution is 5.91. The molecule has 1 fully saturated rings. The van der Waals surface area contributed by atoms with E-state index in [2.05, 4.69) is 20.9 Å². The molecule has 3 N–H and O–H groups in total. The first-order chi connectivity index (χ1) is 14.8. The van der Waals surface area contributed by atoms with Crippen LogP contribution in [0, 0.1) is 11.3 Å². The molecule has 0 atom stereocenters. The van der Waals surface area contributed by atoms with Crippen molar-refractivity contribution < 1.29 is 0 Å². The van der Waals surface area contributed by atoms with Gasteiger partial charge in [-0.1, -0.05) is 24.3 Å². The summed E-state index contributed by atoms with van der Waals surface area (Å²) in [6.45, 7) is 2.44.